The van der Waals surface area contributed by atoms with E-state index in [9.17, 15) is 15.2 Å². The van der Waals surface area contributed by atoms with Crippen LogP contribution in [0.3, 0.4) is 0 Å². The molecule has 2 rings (SSSR count). The van der Waals surface area contributed by atoms with E-state index in [1.54, 1.807) is 0 Å². The highest BCUT2D eigenvalue weighted by Crippen LogP contribution is 2.35. The molecule has 0 amide bonds. The molecule has 1 aliphatic rings. The van der Waals surface area contributed by atoms with Gasteiger partial charge in [0.15, 0.2) is 0 Å². The summed E-state index contributed by atoms with van der Waals surface area (Å²) in [6, 6.07) is 4.20. The minimum absolute atomic E-state index is 0.0642. The van der Waals surface area contributed by atoms with Gasteiger partial charge in [-0.25, -0.2) is 0 Å². The van der Waals surface area contributed by atoms with Gasteiger partial charge in [-0.1, -0.05) is 6.08 Å². The van der Waals surface area contributed by atoms with Crippen LogP contribution in [0.4, 0.5) is 5.69 Å². The van der Waals surface area contributed by atoms with Crippen LogP contribution in [0.15, 0.2) is 30.9 Å². The molecule has 0 radical (unpaired) electrons. The number of nitrogens with one attached hydrogen (secondary N) is 1. The van der Waals surface area contributed by atoms with Crippen molar-refractivity contribution in [3.8, 4) is 5.75 Å². The minimum Gasteiger partial charge on any atom is -0.508 e. The largest absolute Gasteiger partial charge is 0.508 e. The zero-order chi connectivity index (χ0) is 15.2. The summed E-state index contributed by atoms with van der Waals surface area (Å²) in [5.41, 5.74) is 0.657. The molecule has 1 aromatic carbocycles. The number of aromatic hydroxyl groups is 1. The van der Waals surface area contributed by atoms with E-state index in [2.05, 4.69) is 16.8 Å². The third-order valence-electron chi connectivity index (χ3n) is 3.80. The fourth-order valence-corrected chi connectivity index (χ4v) is 2.78. The number of nitro benzene ring substituents is 1. The van der Waals surface area contributed by atoms with E-state index < -0.39 is 0 Å². The number of piperazine rings is 1. The first-order valence-corrected chi connectivity index (χ1v) is 7.16. The fourth-order valence-electron chi connectivity index (χ4n) is 2.78. The van der Waals surface area contributed by atoms with Gasteiger partial charge in [0.1, 0.15) is 5.75 Å². The van der Waals surface area contributed by atoms with E-state index in [1.165, 1.54) is 18.2 Å². The Morgan fingerprint density at radius 1 is 1.48 bits per heavy atom. The Morgan fingerprint density at radius 3 is 2.81 bits per heavy atom. The number of hydrogen-bond acceptors (Lipinski definition) is 5. The van der Waals surface area contributed by atoms with Crippen molar-refractivity contribution >= 4 is 5.69 Å². The highest BCUT2D eigenvalue weighted by Gasteiger charge is 2.28. The first-order chi connectivity index (χ1) is 10.1. The summed E-state index contributed by atoms with van der Waals surface area (Å²) in [4.78, 5) is 13.1. The van der Waals surface area contributed by atoms with Crippen molar-refractivity contribution in [1.82, 2.24) is 10.2 Å². The molecule has 0 spiro atoms. The summed E-state index contributed by atoms with van der Waals surface area (Å²) >= 11 is 0. The van der Waals surface area contributed by atoms with E-state index in [0.29, 0.717) is 5.56 Å². The molecule has 1 aliphatic heterocycles. The number of hydrogen-bond donors (Lipinski definition) is 2. The molecule has 1 aromatic rings. The third-order valence-corrected chi connectivity index (χ3v) is 3.80. The van der Waals surface area contributed by atoms with Crippen LogP contribution >= 0.6 is 0 Å². The van der Waals surface area contributed by atoms with Gasteiger partial charge >= 0.3 is 0 Å². The third kappa shape index (κ3) is 3.80. The van der Waals surface area contributed by atoms with Gasteiger partial charge in [0, 0.05) is 38.3 Å². The maximum Gasteiger partial charge on any atom is 0.274 e. The molecular weight excluding hydrogens is 270 g/mol. The van der Waals surface area contributed by atoms with Crippen molar-refractivity contribution < 1.29 is 10.0 Å². The number of nitro groups is 1. The molecule has 1 atom stereocenters. The summed E-state index contributed by atoms with van der Waals surface area (Å²) < 4.78 is 0. The SMILES string of the molecule is C=CCC[C@@H](c1cc(O)ccc1[N+](=O)[O-])N1CCNCC1. The Bertz CT molecular complexity index is 513. The van der Waals surface area contributed by atoms with Gasteiger partial charge in [-0.3, -0.25) is 15.0 Å². The summed E-state index contributed by atoms with van der Waals surface area (Å²) in [6.45, 7) is 7.16. The van der Waals surface area contributed by atoms with Gasteiger partial charge < -0.3 is 10.4 Å². The summed E-state index contributed by atoms with van der Waals surface area (Å²) in [6.07, 6.45) is 3.36. The molecule has 1 fully saturated rings. The summed E-state index contributed by atoms with van der Waals surface area (Å²) in [5.74, 6) is 0.0642. The summed E-state index contributed by atoms with van der Waals surface area (Å²) in [7, 11) is 0. The standard InChI is InChI=1S/C15H21N3O3/c1-2-3-4-14(17-9-7-16-8-10-17)13-11-12(19)5-6-15(13)18(20)21/h2,5-6,11,14,16,19H,1,3-4,7-10H2/t14-/m0/s1. The predicted octanol–water partition coefficient (Wildman–Crippen LogP) is 2.21. The zero-order valence-corrected chi connectivity index (χ0v) is 12.0. The molecule has 0 aliphatic carbocycles. The first kappa shape index (κ1) is 15.5. The van der Waals surface area contributed by atoms with Gasteiger partial charge in [-0.15, -0.1) is 6.58 Å². The zero-order valence-electron chi connectivity index (χ0n) is 12.0. The van der Waals surface area contributed by atoms with Crippen LogP contribution in [-0.4, -0.2) is 41.1 Å². The van der Waals surface area contributed by atoms with E-state index in [0.717, 1.165) is 39.0 Å². The van der Waals surface area contributed by atoms with Crippen LogP contribution in [0.25, 0.3) is 0 Å². The normalized spacial score (nSPS) is 17.3. The molecule has 114 valence electrons. The van der Waals surface area contributed by atoms with Gasteiger partial charge in [0.25, 0.3) is 5.69 Å². The lowest BCUT2D eigenvalue weighted by Gasteiger charge is -2.35. The number of phenols is 1. The van der Waals surface area contributed by atoms with Crippen LogP contribution in [0.2, 0.25) is 0 Å². The number of rotatable bonds is 6. The van der Waals surface area contributed by atoms with Crippen LogP contribution in [0.1, 0.15) is 24.4 Å². The molecule has 6 heteroatoms. The Kier molecular flexibility index (Phi) is 5.30. The van der Waals surface area contributed by atoms with Gasteiger partial charge in [0.05, 0.1) is 10.5 Å². The maximum absolute atomic E-state index is 11.3. The molecule has 0 aromatic heterocycles. The van der Waals surface area contributed by atoms with Crippen LogP contribution < -0.4 is 5.32 Å². The average molecular weight is 291 g/mol. The van der Waals surface area contributed by atoms with Crippen molar-refractivity contribution in [1.29, 1.82) is 0 Å². The molecule has 21 heavy (non-hydrogen) atoms. The second-order valence-electron chi connectivity index (χ2n) is 5.17. The average Bonchev–Trinajstić information content (AvgIpc) is 2.48. The monoisotopic (exact) mass is 291 g/mol. The summed E-state index contributed by atoms with van der Waals surface area (Å²) in [5, 5.41) is 24.3. The predicted molar refractivity (Wildman–Crippen MR) is 81.4 cm³/mol. The van der Waals surface area contributed by atoms with Crippen LogP contribution in [0, 0.1) is 10.1 Å². The van der Waals surface area contributed by atoms with E-state index in [-0.39, 0.29) is 22.4 Å². The number of benzene rings is 1. The number of allylic oxidation sites excluding steroid dienone is 1. The van der Waals surface area contributed by atoms with Crippen LogP contribution in [-0.2, 0) is 0 Å². The topological polar surface area (TPSA) is 78.6 Å². The molecule has 0 unspecified atom stereocenters. The fraction of sp³-hybridized carbons (Fsp3) is 0.467. The van der Waals surface area contributed by atoms with E-state index >= 15 is 0 Å². The highest BCUT2D eigenvalue weighted by atomic mass is 16.6. The van der Waals surface area contributed by atoms with Crippen molar-refractivity contribution in [2.75, 3.05) is 26.2 Å². The first-order valence-electron chi connectivity index (χ1n) is 7.16. The Balaban J connectivity index is 2.36. The molecule has 0 bridgehead atoms. The molecule has 0 saturated carbocycles. The van der Waals surface area contributed by atoms with Gasteiger partial charge in [-0.05, 0) is 25.0 Å². The maximum atomic E-state index is 11.3. The Hall–Kier alpha value is -1.92. The number of nitrogens with zero attached hydrogens (tertiary/aromatic N) is 2. The van der Waals surface area contributed by atoms with Crippen LogP contribution in [0.5, 0.6) is 5.75 Å². The quantitative estimate of drug-likeness (QED) is 0.477. The van der Waals surface area contributed by atoms with Crippen molar-refractivity contribution in [2.45, 2.75) is 18.9 Å². The number of phenolic OH excluding ortho intramolecular Hbond substituents is 1. The lowest BCUT2D eigenvalue weighted by Crippen LogP contribution is -2.45. The lowest BCUT2D eigenvalue weighted by molar-refractivity contribution is -0.386. The van der Waals surface area contributed by atoms with Gasteiger partial charge in [0.2, 0.25) is 0 Å². The van der Waals surface area contributed by atoms with Gasteiger partial charge in [-0.2, -0.15) is 0 Å². The molecular formula is C15H21N3O3. The minimum atomic E-state index is -0.377. The van der Waals surface area contributed by atoms with E-state index in [1.807, 2.05) is 6.08 Å². The molecule has 1 saturated heterocycles. The highest BCUT2D eigenvalue weighted by molar-refractivity contribution is 5.46. The smallest absolute Gasteiger partial charge is 0.274 e. The van der Waals surface area contributed by atoms with Crippen molar-refractivity contribution in [2.24, 2.45) is 0 Å². The van der Waals surface area contributed by atoms with E-state index in [4.69, 9.17) is 0 Å². The lowest BCUT2D eigenvalue weighted by atomic mass is 9.97. The molecule has 6 nitrogen and oxygen atoms in total. The molecule has 1 heterocycles. The second-order valence-corrected chi connectivity index (χ2v) is 5.17. The van der Waals surface area contributed by atoms with Crippen molar-refractivity contribution in [3.63, 3.8) is 0 Å². The second kappa shape index (κ2) is 7.19. The molecule has 2 N–H and O–H groups in total. The Labute approximate surface area is 124 Å². The Morgan fingerprint density at radius 2 is 2.19 bits per heavy atom. The van der Waals surface area contributed by atoms with Crippen molar-refractivity contribution in [3.05, 3.63) is 46.5 Å².